The van der Waals surface area contributed by atoms with Crippen LogP contribution in [0.4, 0.5) is 0 Å². The molecular weight excluding hydrogens is 288 g/mol. The number of rotatable bonds is 6. The third kappa shape index (κ3) is 4.90. The molecule has 1 aromatic rings. The molecule has 0 unspecified atom stereocenters. The molecule has 0 saturated carbocycles. The van der Waals surface area contributed by atoms with Crippen molar-refractivity contribution in [1.82, 2.24) is 4.90 Å². The Balaban J connectivity index is 2.54. The summed E-state index contributed by atoms with van der Waals surface area (Å²) >= 11 is 0. The fourth-order valence-corrected chi connectivity index (χ4v) is 1.52. The molecule has 1 aromatic carbocycles. The zero-order valence-electron chi connectivity index (χ0n) is 12.4. The maximum Gasteiger partial charge on any atom is 0.338 e. The second-order valence-electron chi connectivity index (χ2n) is 4.37. The van der Waals surface area contributed by atoms with Gasteiger partial charge in [-0.05, 0) is 24.3 Å². The van der Waals surface area contributed by atoms with Crippen molar-refractivity contribution in [2.45, 2.75) is 6.42 Å². The first-order chi connectivity index (χ1) is 10.5. The van der Waals surface area contributed by atoms with Crippen molar-refractivity contribution in [2.75, 3.05) is 27.3 Å². The summed E-state index contributed by atoms with van der Waals surface area (Å²) in [4.78, 5) is 36.0. The van der Waals surface area contributed by atoms with E-state index >= 15 is 0 Å². The Kier molecular flexibility index (Phi) is 6.57. The van der Waals surface area contributed by atoms with Gasteiger partial charge in [-0.25, -0.2) is 9.59 Å². The summed E-state index contributed by atoms with van der Waals surface area (Å²) in [6.07, 6.45) is 0.213. The molecule has 0 aliphatic carbocycles. The number of methoxy groups -OCH3 is 1. The van der Waals surface area contributed by atoms with Crippen molar-refractivity contribution in [3.63, 3.8) is 0 Å². The summed E-state index contributed by atoms with van der Waals surface area (Å²) in [5.41, 5.74) is 0.534. The number of hydrogen-bond donors (Lipinski definition) is 0. The summed E-state index contributed by atoms with van der Waals surface area (Å²) in [5.74, 6) is -1.57. The molecule has 0 N–H and O–H groups in total. The zero-order valence-corrected chi connectivity index (χ0v) is 12.4. The van der Waals surface area contributed by atoms with E-state index in [1.165, 1.54) is 43.3 Å². The Morgan fingerprint density at radius 2 is 1.68 bits per heavy atom. The molecule has 7 heteroatoms. The van der Waals surface area contributed by atoms with E-state index in [0.717, 1.165) is 0 Å². The molecule has 0 spiro atoms. The summed E-state index contributed by atoms with van der Waals surface area (Å²) in [6, 6.07) is 7.62. The van der Waals surface area contributed by atoms with Crippen LogP contribution in [0.3, 0.4) is 0 Å². The molecule has 1 amide bonds. The molecule has 0 aromatic heterocycles. The lowest BCUT2D eigenvalue weighted by atomic mass is 10.1. The molecule has 0 atom stereocenters. The Morgan fingerprint density at radius 3 is 2.18 bits per heavy atom. The standard InChI is InChI=1S/C15H16N2O5/c1-17(9-3-8-16)13(18)10-22-15(20)12-6-4-11(5-7-12)14(19)21-2/h4-7H,3,9-10H2,1-2H3. The highest BCUT2D eigenvalue weighted by Crippen LogP contribution is 2.07. The Morgan fingerprint density at radius 1 is 1.14 bits per heavy atom. The number of esters is 2. The normalized spacial score (nSPS) is 9.50. The first-order valence-corrected chi connectivity index (χ1v) is 6.46. The molecule has 0 bridgehead atoms. The van der Waals surface area contributed by atoms with Gasteiger partial charge in [-0.3, -0.25) is 4.79 Å². The number of likely N-dealkylation sites (N-methyl/N-ethyl adjacent to an activating group) is 1. The lowest BCUT2D eigenvalue weighted by Crippen LogP contribution is -2.31. The van der Waals surface area contributed by atoms with Crippen LogP contribution in [-0.2, 0) is 14.3 Å². The van der Waals surface area contributed by atoms with Gasteiger partial charge in [-0.2, -0.15) is 5.26 Å². The Bertz CT molecular complexity index is 589. The number of benzene rings is 1. The molecule has 0 aliphatic rings. The summed E-state index contributed by atoms with van der Waals surface area (Å²) < 4.78 is 9.43. The molecule has 0 aliphatic heterocycles. The van der Waals surface area contributed by atoms with Crippen LogP contribution in [-0.4, -0.2) is 50.1 Å². The van der Waals surface area contributed by atoms with Crippen LogP contribution in [0.15, 0.2) is 24.3 Å². The van der Waals surface area contributed by atoms with Gasteiger partial charge in [0.25, 0.3) is 5.91 Å². The predicted octanol–water partition coefficient (Wildman–Crippen LogP) is 1.00. The van der Waals surface area contributed by atoms with Crippen LogP contribution in [0.25, 0.3) is 0 Å². The smallest absolute Gasteiger partial charge is 0.338 e. The molecule has 1 rings (SSSR count). The molecule has 7 nitrogen and oxygen atoms in total. The van der Waals surface area contributed by atoms with E-state index < -0.39 is 24.5 Å². The number of ether oxygens (including phenoxy) is 2. The van der Waals surface area contributed by atoms with Crippen LogP contribution < -0.4 is 0 Å². The molecular formula is C15H16N2O5. The van der Waals surface area contributed by atoms with Gasteiger partial charge in [-0.15, -0.1) is 0 Å². The topological polar surface area (TPSA) is 96.7 Å². The first-order valence-electron chi connectivity index (χ1n) is 6.46. The van der Waals surface area contributed by atoms with Crippen molar-refractivity contribution in [3.8, 4) is 6.07 Å². The van der Waals surface area contributed by atoms with E-state index in [1.54, 1.807) is 0 Å². The van der Waals surface area contributed by atoms with Crippen LogP contribution in [0.1, 0.15) is 27.1 Å². The van der Waals surface area contributed by atoms with Crippen molar-refractivity contribution in [1.29, 1.82) is 5.26 Å². The van der Waals surface area contributed by atoms with Crippen molar-refractivity contribution in [3.05, 3.63) is 35.4 Å². The first kappa shape index (κ1) is 17.2. The maximum atomic E-state index is 11.8. The summed E-state index contributed by atoms with van der Waals surface area (Å²) in [7, 11) is 2.79. The zero-order chi connectivity index (χ0) is 16.5. The van der Waals surface area contributed by atoms with Gasteiger partial charge in [-0.1, -0.05) is 0 Å². The average molecular weight is 304 g/mol. The van der Waals surface area contributed by atoms with Crippen LogP contribution in [0.2, 0.25) is 0 Å². The third-order valence-corrected chi connectivity index (χ3v) is 2.85. The number of nitrogens with zero attached hydrogens (tertiary/aromatic N) is 2. The van der Waals surface area contributed by atoms with E-state index in [9.17, 15) is 14.4 Å². The Hall–Kier alpha value is -2.88. The van der Waals surface area contributed by atoms with Gasteiger partial charge >= 0.3 is 11.9 Å². The molecule has 0 radical (unpaired) electrons. The van der Waals surface area contributed by atoms with Crippen molar-refractivity contribution < 1.29 is 23.9 Å². The number of hydrogen-bond acceptors (Lipinski definition) is 6. The second-order valence-corrected chi connectivity index (χ2v) is 4.37. The number of amides is 1. The molecule has 0 saturated heterocycles. The average Bonchev–Trinajstić information content (AvgIpc) is 2.56. The van der Waals surface area contributed by atoms with Gasteiger partial charge < -0.3 is 14.4 Å². The third-order valence-electron chi connectivity index (χ3n) is 2.85. The molecule has 0 heterocycles. The molecule has 22 heavy (non-hydrogen) atoms. The van der Waals surface area contributed by atoms with E-state index in [0.29, 0.717) is 5.56 Å². The highest BCUT2D eigenvalue weighted by Gasteiger charge is 2.14. The molecule has 116 valence electrons. The number of carbonyl (C=O) groups is 3. The van der Waals surface area contributed by atoms with E-state index in [2.05, 4.69) is 4.74 Å². The van der Waals surface area contributed by atoms with E-state index in [4.69, 9.17) is 10.00 Å². The van der Waals surface area contributed by atoms with Gasteiger partial charge in [0, 0.05) is 13.6 Å². The monoisotopic (exact) mass is 304 g/mol. The second kappa shape index (κ2) is 8.42. The van der Waals surface area contributed by atoms with Gasteiger partial charge in [0.15, 0.2) is 6.61 Å². The minimum absolute atomic E-state index is 0.213. The number of nitriles is 1. The van der Waals surface area contributed by atoms with Crippen LogP contribution in [0.5, 0.6) is 0 Å². The van der Waals surface area contributed by atoms with Crippen LogP contribution >= 0.6 is 0 Å². The van der Waals surface area contributed by atoms with E-state index in [-0.39, 0.29) is 18.5 Å². The van der Waals surface area contributed by atoms with Gasteiger partial charge in [0.05, 0.1) is 30.7 Å². The minimum atomic E-state index is -0.668. The fourth-order valence-electron chi connectivity index (χ4n) is 1.52. The summed E-state index contributed by atoms with van der Waals surface area (Å²) in [5, 5.41) is 8.44. The lowest BCUT2D eigenvalue weighted by Gasteiger charge is -2.15. The summed E-state index contributed by atoms with van der Waals surface area (Å²) in [6.45, 7) is -0.125. The lowest BCUT2D eigenvalue weighted by molar-refractivity contribution is -0.133. The largest absolute Gasteiger partial charge is 0.465 e. The maximum absolute atomic E-state index is 11.8. The quantitative estimate of drug-likeness (QED) is 0.727. The SMILES string of the molecule is COC(=O)c1ccc(C(=O)OCC(=O)N(C)CCC#N)cc1. The Labute approximate surface area is 128 Å². The van der Waals surface area contributed by atoms with Crippen molar-refractivity contribution in [2.24, 2.45) is 0 Å². The number of carbonyl (C=O) groups excluding carboxylic acids is 3. The van der Waals surface area contributed by atoms with E-state index in [1.807, 2.05) is 6.07 Å². The predicted molar refractivity (Wildman–Crippen MR) is 75.9 cm³/mol. The van der Waals surface area contributed by atoms with Crippen molar-refractivity contribution >= 4 is 17.8 Å². The molecule has 0 fully saturated rings. The highest BCUT2D eigenvalue weighted by atomic mass is 16.5. The van der Waals surface area contributed by atoms with Gasteiger partial charge in [0.2, 0.25) is 0 Å². The van der Waals surface area contributed by atoms with Gasteiger partial charge in [0.1, 0.15) is 0 Å². The fraction of sp³-hybridized carbons (Fsp3) is 0.333. The van der Waals surface area contributed by atoms with Crippen LogP contribution in [0, 0.1) is 11.3 Å². The minimum Gasteiger partial charge on any atom is -0.465 e. The highest BCUT2D eigenvalue weighted by molar-refractivity contribution is 5.94.